The molecule has 0 aliphatic carbocycles. The molecule has 0 N–H and O–H groups in total. The molecule has 0 unspecified atom stereocenters. The number of nitro benzene ring substituents is 1. The summed E-state index contributed by atoms with van der Waals surface area (Å²) in [7, 11) is 0. The van der Waals surface area contributed by atoms with Gasteiger partial charge in [-0.15, -0.1) is 0 Å². The van der Waals surface area contributed by atoms with Crippen molar-refractivity contribution >= 4 is 35.2 Å². The maximum atomic E-state index is 10.6. The summed E-state index contributed by atoms with van der Waals surface area (Å²) in [5.41, 5.74) is 1.20. The third-order valence-corrected chi connectivity index (χ3v) is 4.80. The van der Waals surface area contributed by atoms with Gasteiger partial charge in [-0.3, -0.25) is 0 Å². The van der Waals surface area contributed by atoms with Crippen molar-refractivity contribution in [1.82, 2.24) is 9.38 Å². The molecular weight excluding hydrogens is 309 g/mol. The Hall–Kier alpha value is -2.17. The van der Waals surface area contributed by atoms with Crippen molar-refractivity contribution < 1.29 is 4.92 Å². The third-order valence-electron chi connectivity index (χ3n) is 2.67. The SMILES string of the molecule is O=[N+]([O-])c1ccc([Se]c2ncn3ccccc23)cc1. The van der Waals surface area contributed by atoms with Crippen molar-refractivity contribution in [2.24, 2.45) is 0 Å². The van der Waals surface area contributed by atoms with Crippen LogP contribution in [0.2, 0.25) is 0 Å². The number of non-ortho nitro benzene ring substituents is 1. The summed E-state index contributed by atoms with van der Waals surface area (Å²) >= 11 is 0.0469. The van der Waals surface area contributed by atoms with Crippen molar-refractivity contribution in [3.05, 3.63) is 65.1 Å². The first-order chi connectivity index (χ1) is 9.24. The van der Waals surface area contributed by atoms with Crippen molar-refractivity contribution in [2.45, 2.75) is 0 Å². The molecule has 0 aliphatic heterocycles. The van der Waals surface area contributed by atoms with Crippen LogP contribution in [-0.2, 0) is 0 Å². The predicted molar refractivity (Wildman–Crippen MR) is 73.3 cm³/mol. The van der Waals surface area contributed by atoms with Gasteiger partial charge in [-0.1, -0.05) is 0 Å². The molecule has 0 spiro atoms. The van der Waals surface area contributed by atoms with E-state index < -0.39 is 0 Å². The number of nitro groups is 1. The van der Waals surface area contributed by atoms with E-state index in [4.69, 9.17) is 0 Å². The van der Waals surface area contributed by atoms with Crippen LogP contribution in [0.5, 0.6) is 0 Å². The van der Waals surface area contributed by atoms with Crippen LogP contribution in [0, 0.1) is 10.1 Å². The van der Waals surface area contributed by atoms with E-state index in [1.54, 1.807) is 18.5 Å². The number of aromatic nitrogens is 2. The second-order valence-electron chi connectivity index (χ2n) is 3.90. The van der Waals surface area contributed by atoms with Gasteiger partial charge in [0.15, 0.2) is 0 Å². The molecule has 0 saturated heterocycles. The van der Waals surface area contributed by atoms with Crippen molar-refractivity contribution in [2.75, 3.05) is 0 Å². The molecule has 6 heteroatoms. The molecule has 3 aromatic rings. The summed E-state index contributed by atoms with van der Waals surface area (Å²) in [6, 6.07) is 12.6. The van der Waals surface area contributed by atoms with E-state index in [9.17, 15) is 10.1 Å². The molecule has 3 rings (SSSR count). The molecule has 0 aliphatic rings. The monoisotopic (exact) mass is 319 g/mol. The van der Waals surface area contributed by atoms with Gasteiger partial charge in [0.1, 0.15) is 0 Å². The molecule has 0 amide bonds. The van der Waals surface area contributed by atoms with Gasteiger partial charge in [-0.05, 0) is 0 Å². The van der Waals surface area contributed by atoms with E-state index in [0.29, 0.717) is 0 Å². The first kappa shape index (κ1) is 11.9. The van der Waals surface area contributed by atoms with Crippen molar-refractivity contribution in [3.63, 3.8) is 0 Å². The normalized spacial score (nSPS) is 10.7. The van der Waals surface area contributed by atoms with Crippen LogP contribution >= 0.6 is 0 Å². The molecular formula is C13H9N3O2Se. The average molecular weight is 318 g/mol. The first-order valence-corrected chi connectivity index (χ1v) is 7.29. The van der Waals surface area contributed by atoms with Gasteiger partial charge in [0.2, 0.25) is 0 Å². The second-order valence-corrected chi connectivity index (χ2v) is 6.12. The zero-order chi connectivity index (χ0) is 13.2. The number of hydrogen-bond donors (Lipinski definition) is 0. The number of imidazole rings is 1. The van der Waals surface area contributed by atoms with Crippen LogP contribution < -0.4 is 9.05 Å². The Kier molecular flexibility index (Phi) is 3.03. The Bertz CT molecular complexity index is 737. The Morgan fingerprint density at radius 3 is 2.68 bits per heavy atom. The van der Waals surface area contributed by atoms with E-state index in [-0.39, 0.29) is 25.6 Å². The fraction of sp³-hybridized carbons (Fsp3) is 0. The Balaban J connectivity index is 1.90. The van der Waals surface area contributed by atoms with Crippen LogP contribution in [0.4, 0.5) is 5.69 Å². The average Bonchev–Trinajstić information content (AvgIpc) is 2.83. The third kappa shape index (κ3) is 2.36. The van der Waals surface area contributed by atoms with E-state index in [0.717, 1.165) is 14.6 Å². The standard InChI is InChI=1S/C13H9N3O2Se/c17-16(18)10-4-6-11(7-5-10)19-13-12-3-1-2-8-15(12)9-14-13/h1-9H. The first-order valence-electron chi connectivity index (χ1n) is 5.58. The predicted octanol–water partition coefficient (Wildman–Crippen LogP) is 0.897. The summed E-state index contributed by atoms with van der Waals surface area (Å²) in [5, 5.41) is 10.6. The van der Waals surface area contributed by atoms with Crippen LogP contribution in [0.1, 0.15) is 0 Å². The zero-order valence-electron chi connectivity index (χ0n) is 9.76. The molecule has 0 bridgehead atoms. The van der Waals surface area contributed by atoms with Crippen LogP contribution in [0.15, 0.2) is 55.0 Å². The second kappa shape index (κ2) is 4.84. The summed E-state index contributed by atoms with van der Waals surface area (Å²) in [6.45, 7) is 0. The van der Waals surface area contributed by atoms with Gasteiger partial charge < -0.3 is 0 Å². The van der Waals surface area contributed by atoms with Crippen molar-refractivity contribution in [3.8, 4) is 0 Å². The molecule has 2 heterocycles. The number of hydrogen-bond acceptors (Lipinski definition) is 3. The van der Waals surface area contributed by atoms with E-state index in [1.165, 1.54) is 12.1 Å². The van der Waals surface area contributed by atoms with E-state index in [2.05, 4.69) is 4.98 Å². The molecule has 0 saturated carbocycles. The molecule has 1 aromatic carbocycles. The van der Waals surface area contributed by atoms with Gasteiger partial charge in [-0.2, -0.15) is 0 Å². The quantitative estimate of drug-likeness (QED) is 0.409. The number of nitrogens with zero attached hydrogens (tertiary/aromatic N) is 3. The molecule has 19 heavy (non-hydrogen) atoms. The van der Waals surface area contributed by atoms with Gasteiger partial charge in [-0.25, -0.2) is 0 Å². The summed E-state index contributed by atoms with van der Waals surface area (Å²) in [5.74, 6) is 0. The van der Waals surface area contributed by atoms with Gasteiger partial charge in [0, 0.05) is 0 Å². The summed E-state index contributed by atoms with van der Waals surface area (Å²) in [6.07, 6.45) is 3.75. The molecule has 2 aromatic heterocycles. The molecule has 0 atom stereocenters. The van der Waals surface area contributed by atoms with E-state index in [1.807, 2.05) is 28.8 Å². The van der Waals surface area contributed by atoms with Crippen LogP contribution in [0.3, 0.4) is 0 Å². The van der Waals surface area contributed by atoms with Gasteiger partial charge in [0.05, 0.1) is 0 Å². The zero-order valence-corrected chi connectivity index (χ0v) is 11.5. The Labute approximate surface area is 115 Å². The topological polar surface area (TPSA) is 60.4 Å². The number of rotatable bonds is 3. The molecule has 0 fully saturated rings. The minimum absolute atomic E-state index is 0.0469. The number of benzene rings is 1. The number of pyridine rings is 1. The fourth-order valence-corrected chi connectivity index (χ4v) is 3.58. The minimum atomic E-state index is -0.386. The van der Waals surface area contributed by atoms with Crippen LogP contribution in [-0.4, -0.2) is 29.3 Å². The van der Waals surface area contributed by atoms with Gasteiger partial charge >= 0.3 is 115 Å². The summed E-state index contributed by atoms with van der Waals surface area (Å²) in [4.78, 5) is 14.6. The van der Waals surface area contributed by atoms with Gasteiger partial charge in [0.25, 0.3) is 0 Å². The van der Waals surface area contributed by atoms with Crippen molar-refractivity contribution in [1.29, 1.82) is 0 Å². The number of fused-ring (bicyclic) bond motifs is 1. The fourth-order valence-electron chi connectivity index (χ4n) is 1.74. The maximum absolute atomic E-state index is 10.6. The Morgan fingerprint density at radius 2 is 1.95 bits per heavy atom. The summed E-state index contributed by atoms with van der Waals surface area (Å²) < 4.78 is 4.08. The molecule has 94 valence electrons. The van der Waals surface area contributed by atoms with E-state index >= 15 is 0 Å². The molecule has 0 radical (unpaired) electrons. The molecule has 5 nitrogen and oxygen atoms in total. The Morgan fingerprint density at radius 1 is 1.16 bits per heavy atom. The van der Waals surface area contributed by atoms with Crippen LogP contribution in [0.25, 0.3) is 5.52 Å².